The van der Waals surface area contributed by atoms with Crippen LogP contribution in [-0.2, 0) is 19.5 Å². The maximum absolute atomic E-state index is 12.7. The van der Waals surface area contributed by atoms with Gasteiger partial charge in [-0.15, -0.1) is 0 Å². The fraction of sp³-hybridized carbons (Fsp3) is 0.160. The third-order valence-electron chi connectivity index (χ3n) is 5.64. The molecular formula is C25H22ClN5O. The maximum Gasteiger partial charge on any atom is 0.317 e. The quantitative estimate of drug-likeness (QED) is 0.449. The van der Waals surface area contributed by atoms with E-state index < -0.39 is 0 Å². The number of carbonyl (C=O) groups excluding carboxylic acids is 1. The first-order valence-electron chi connectivity index (χ1n) is 10.5. The number of rotatable bonds is 4. The third kappa shape index (κ3) is 4.36. The number of fused-ring (bicyclic) bond motifs is 2. The molecule has 4 aromatic rings. The van der Waals surface area contributed by atoms with Crippen LogP contribution in [0.4, 0.5) is 16.3 Å². The highest BCUT2D eigenvalue weighted by Crippen LogP contribution is 2.27. The number of nitrogens with zero attached hydrogens (tertiary/aromatic N) is 3. The Labute approximate surface area is 191 Å². The van der Waals surface area contributed by atoms with Crippen molar-refractivity contribution in [3.63, 3.8) is 0 Å². The molecule has 0 spiro atoms. The molecular weight excluding hydrogens is 422 g/mol. The van der Waals surface area contributed by atoms with Crippen LogP contribution >= 0.6 is 11.6 Å². The molecule has 0 aliphatic carbocycles. The highest BCUT2D eigenvalue weighted by atomic mass is 35.5. The minimum Gasteiger partial charge on any atom is -0.339 e. The van der Waals surface area contributed by atoms with Crippen LogP contribution in [0.5, 0.6) is 0 Å². The fourth-order valence-corrected chi connectivity index (χ4v) is 4.07. The highest BCUT2D eigenvalue weighted by Gasteiger charge is 2.23. The SMILES string of the molecule is O=C(NCc1ccc(Cl)cc1)N1CCc2c(ccnc2Nc2cnc3ccccc3c2)C1. The van der Waals surface area contributed by atoms with Gasteiger partial charge in [0, 0.05) is 41.8 Å². The predicted molar refractivity (Wildman–Crippen MR) is 127 cm³/mol. The molecule has 0 atom stereocenters. The number of anilines is 2. The van der Waals surface area contributed by atoms with Crippen LogP contribution in [0.15, 0.2) is 73.1 Å². The van der Waals surface area contributed by atoms with Crippen LogP contribution in [0.1, 0.15) is 16.7 Å². The second-order valence-electron chi connectivity index (χ2n) is 7.80. The van der Waals surface area contributed by atoms with E-state index in [9.17, 15) is 4.79 Å². The molecule has 32 heavy (non-hydrogen) atoms. The van der Waals surface area contributed by atoms with Crippen molar-refractivity contribution < 1.29 is 4.79 Å². The molecule has 1 aliphatic heterocycles. The summed E-state index contributed by atoms with van der Waals surface area (Å²) in [5, 5.41) is 8.17. The van der Waals surface area contributed by atoms with Gasteiger partial charge in [0.15, 0.2) is 0 Å². The molecule has 2 amide bonds. The zero-order valence-electron chi connectivity index (χ0n) is 17.4. The van der Waals surface area contributed by atoms with Crippen LogP contribution < -0.4 is 10.6 Å². The van der Waals surface area contributed by atoms with Gasteiger partial charge in [-0.25, -0.2) is 9.78 Å². The largest absolute Gasteiger partial charge is 0.339 e. The normalized spacial score (nSPS) is 13.0. The Morgan fingerprint density at radius 3 is 2.78 bits per heavy atom. The van der Waals surface area contributed by atoms with Gasteiger partial charge in [-0.05, 0) is 47.9 Å². The van der Waals surface area contributed by atoms with Crippen molar-refractivity contribution in [1.29, 1.82) is 0 Å². The molecule has 0 fully saturated rings. The highest BCUT2D eigenvalue weighted by molar-refractivity contribution is 6.30. The van der Waals surface area contributed by atoms with Gasteiger partial charge in [-0.1, -0.05) is 41.9 Å². The number of urea groups is 1. The molecule has 1 aliphatic rings. The van der Waals surface area contributed by atoms with Crippen molar-refractivity contribution in [1.82, 2.24) is 20.2 Å². The van der Waals surface area contributed by atoms with Gasteiger partial charge in [0.05, 0.1) is 17.4 Å². The molecule has 0 saturated heterocycles. The number of hydrogen-bond acceptors (Lipinski definition) is 4. The molecule has 7 heteroatoms. The first-order chi connectivity index (χ1) is 15.7. The third-order valence-corrected chi connectivity index (χ3v) is 5.90. The molecule has 0 radical (unpaired) electrons. The predicted octanol–water partition coefficient (Wildman–Crippen LogP) is 5.29. The summed E-state index contributed by atoms with van der Waals surface area (Å²) in [7, 11) is 0. The molecule has 2 aromatic heterocycles. The number of para-hydroxylation sites is 1. The topological polar surface area (TPSA) is 70.2 Å². The van der Waals surface area contributed by atoms with Gasteiger partial charge < -0.3 is 15.5 Å². The van der Waals surface area contributed by atoms with Crippen molar-refractivity contribution >= 4 is 40.0 Å². The lowest BCUT2D eigenvalue weighted by molar-refractivity contribution is 0.192. The van der Waals surface area contributed by atoms with Crippen molar-refractivity contribution in [2.75, 3.05) is 11.9 Å². The van der Waals surface area contributed by atoms with Crippen LogP contribution in [-0.4, -0.2) is 27.4 Å². The Bertz CT molecular complexity index is 1280. The number of nitrogens with one attached hydrogen (secondary N) is 2. The van der Waals surface area contributed by atoms with Crippen LogP contribution in [0, 0.1) is 0 Å². The Morgan fingerprint density at radius 2 is 1.91 bits per heavy atom. The summed E-state index contributed by atoms with van der Waals surface area (Å²) in [6.07, 6.45) is 4.34. The Morgan fingerprint density at radius 1 is 1.06 bits per heavy atom. The van der Waals surface area contributed by atoms with E-state index in [2.05, 4.69) is 26.7 Å². The number of amides is 2. The summed E-state index contributed by atoms with van der Waals surface area (Å²) >= 11 is 5.92. The average molecular weight is 444 g/mol. The lowest BCUT2D eigenvalue weighted by Gasteiger charge is -2.30. The average Bonchev–Trinajstić information content (AvgIpc) is 2.83. The molecule has 160 valence electrons. The van der Waals surface area contributed by atoms with Crippen molar-refractivity contribution in [3.05, 3.63) is 94.8 Å². The van der Waals surface area contributed by atoms with Crippen LogP contribution in [0.2, 0.25) is 5.02 Å². The van der Waals surface area contributed by atoms with Gasteiger partial charge in [0.2, 0.25) is 0 Å². The number of hydrogen-bond donors (Lipinski definition) is 2. The monoisotopic (exact) mass is 443 g/mol. The lowest BCUT2D eigenvalue weighted by Crippen LogP contribution is -2.42. The van der Waals surface area contributed by atoms with Crippen molar-refractivity contribution in [3.8, 4) is 0 Å². The van der Waals surface area contributed by atoms with E-state index in [1.54, 1.807) is 6.20 Å². The summed E-state index contributed by atoms with van der Waals surface area (Å²) < 4.78 is 0. The van der Waals surface area contributed by atoms with Gasteiger partial charge in [0.1, 0.15) is 5.82 Å². The molecule has 3 heterocycles. The first-order valence-corrected chi connectivity index (χ1v) is 10.9. The second-order valence-corrected chi connectivity index (χ2v) is 8.23. The summed E-state index contributed by atoms with van der Waals surface area (Å²) in [5.74, 6) is 0.820. The van der Waals surface area contributed by atoms with Crippen LogP contribution in [0.3, 0.4) is 0 Å². The van der Waals surface area contributed by atoms with Gasteiger partial charge >= 0.3 is 6.03 Å². The number of pyridine rings is 2. The van der Waals surface area contributed by atoms with Crippen LogP contribution in [0.25, 0.3) is 10.9 Å². The van der Waals surface area contributed by atoms with E-state index in [0.29, 0.717) is 24.7 Å². The molecule has 2 N–H and O–H groups in total. The Balaban J connectivity index is 1.27. The summed E-state index contributed by atoms with van der Waals surface area (Å²) in [4.78, 5) is 23.6. The minimum atomic E-state index is -0.0735. The number of carbonyl (C=O) groups is 1. The lowest BCUT2D eigenvalue weighted by atomic mass is 10.0. The number of halogens is 1. The molecule has 2 aromatic carbocycles. The Hall–Kier alpha value is -3.64. The molecule has 0 saturated carbocycles. The Kier molecular flexibility index (Phi) is 5.60. The van der Waals surface area contributed by atoms with E-state index in [4.69, 9.17) is 11.6 Å². The van der Waals surface area contributed by atoms with Gasteiger partial charge in [-0.3, -0.25) is 4.98 Å². The van der Waals surface area contributed by atoms with E-state index in [1.807, 2.05) is 65.7 Å². The summed E-state index contributed by atoms with van der Waals surface area (Å²) in [5.41, 5.74) is 5.11. The van der Waals surface area contributed by atoms with E-state index in [0.717, 1.165) is 45.5 Å². The molecule has 0 unspecified atom stereocenters. The first kappa shape index (κ1) is 20.3. The maximum atomic E-state index is 12.7. The standard InChI is InChI=1S/C25H22ClN5O/c26-20-7-5-17(6-8-20)14-29-25(32)31-12-10-22-19(16-31)9-11-27-24(22)30-21-13-18-3-1-2-4-23(18)28-15-21/h1-9,11,13,15H,10,12,14,16H2,(H,27,30)(H,29,32). The molecule has 5 rings (SSSR count). The van der Waals surface area contributed by atoms with Crippen molar-refractivity contribution in [2.45, 2.75) is 19.5 Å². The van der Waals surface area contributed by atoms with Gasteiger partial charge in [-0.2, -0.15) is 0 Å². The minimum absolute atomic E-state index is 0.0735. The summed E-state index contributed by atoms with van der Waals surface area (Å²) in [6.45, 7) is 1.65. The van der Waals surface area contributed by atoms with E-state index in [1.165, 1.54) is 0 Å². The number of benzene rings is 2. The summed E-state index contributed by atoms with van der Waals surface area (Å²) in [6, 6.07) is 19.5. The zero-order valence-corrected chi connectivity index (χ0v) is 18.1. The molecule has 0 bridgehead atoms. The van der Waals surface area contributed by atoms with Crippen molar-refractivity contribution in [2.24, 2.45) is 0 Å². The molecule has 6 nitrogen and oxygen atoms in total. The fourth-order valence-electron chi connectivity index (χ4n) is 3.94. The van der Waals surface area contributed by atoms with E-state index in [-0.39, 0.29) is 6.03 Å². The second kappa shape index (κ2) is 8.85. The zero-order chi connectivity index (χ0) is 21.9. The number of aromatic nitrogens is 2. The smallest absolute Gasteiger partial charge is 0.317 e. The van der Waals surface area contributed by atoms with E-state index >= 15 is 0 Å². The van der Waals surface area contributed by atoms with Gasteiger partial charge in [0.25, 0.3) is 0 Å².